The van der Waals surface area contributed by atoms with Crippen LogP contribution < -0.4 is 10.6 Å². The maximum absolute atomic E-state index is 13.6. The standard InChI is InChI=1S/C21H21FN4O/c1-14-6-5-9-18(15(14)2)25-21-24-13-11-19(26-21)20(27)23-12-10-16-7-3-4-8-17(16)22/h3-9,11,13H,10,12H2,1-2H3,(H,23,27)(H,24,25,26). The lowest BCUT2D eigenvalue weighted by molar-refractivity contribution is 0.0949. The Hall–Kier alpha value is -3.28. The highest BCUT2D eigenvalue weighted by atomic mass is 19.1. The molecule has 0 spiro atoms. The first kappa shape index (κ1) is 18.5. The molecule has 0 saturated carbocycles. The van der Waals surface area contributed by atoms with E-state index >= 15 is 0 Å². The van der Waals surface area contributed by atoms with E-state index in [1.165, 1.54) is 12.3 Å². The van der Waals surface area contributed by atoms with Gasteiger partial charge in [0.25, 0.3) is 5.91 Å². The first-order chi connectivity index (χ1) is 13.0. The monoisotopic (exact) mass is 364 g/mol. The van der Waals surface area contributed by atoms with Gasteiger partial charge < -0.3 is 10.6 Å². The van der Waals surface area contributed by atoms with Crippen molar-refractivity contribution in [2.24, 2.45) is 0 Å². The van der Waals surface area contributed by atoms with Crippen molar-refractivity contribution >= 4 is 17.5 Å². The number of carbonyl (C=O) groups excluding carboxylic acids is 1. The Bertz CT molecular complexity index is 958. The third-order valence-corrected chi connectivity index (χ3v) is 4.38. The number of amides is 1. The SMILES string of the molecule is Cc1cccc(Nc2nccc(C(=O)NCCc3ccccc3F)n2)c1C. The third-order valence-electron chi connectivity index (χ3n) is 4.38. The number of rotatable bonds is 6. The fourth-order valence-electron chi connectivity index (χ4n) is 2.65. The molecule has 138 valence electrons. The van der Waals surface area contributed by atoms with E-state index in [9.17, 15) is 9.18 Å². The van der Waals surface area contributed by atoms with Crippen LogP contribution in [-0.4, -0.2) is 22.4 Å². The van der Waals surface area contributed by atoms with Gasteiger partial charge in [-0.1, -0.05) is 30.3 Å². The maximum atomic E-state index is 13.6. The fraction of sp³-hybridized carbons (Fsp3) is 0.190. The van der Waals surface area contributed by atoms with Crippen molar-refractivity contribution in [3.05, 3.63) is 82.9 Å². The molecule has 0 saturated heterocycles. The lowest BCUT2D eigenvalue weighted by atomic mass is 10.1. The second-order valence-electron chi connectivity index (χ2n) is 6.24. The number of benzene rings is 2. The molecule has 0 aliphatic heterocycles. The van der Waals surface area contributed by atoms with Gasteiger partial charge in [-0.05, 0) is 55.2 Å². The molecule has 0 aliphatic carbocycles. The Labute approximate surface area is 157 Å². The first-order valence-corrected chi connectivity index (χ1v) is 8.72. The second kappa shape index (κ2) is 8.40. The molecule has 0 atom stereocenters. The zero-order chi connectivity index (χ0) is 19.2. The summed E-state index contributed by atoms with van der Waals surface area (Å²) >= 11 is 0. The minimum Gasteiger partial charge on any atom is -0.350 e. The highest BCUT2D eigenvalue weighted by molar-refractivity contribution is 5.92. The molecule has 0 radical (unpaired) electrons. The zero-order valence-electron chi connectivity index (χ0n) is 15.3. The molecule has 0 bridgehead atoms. The highest BCUT2D eigenvalue weighted by Crippen LogP contribution is 2.20. The van der Waals surface area contributed by atoms with E-state index in [-0.39, 0.29) is 17.4 Å². The second-order valence-corrected chi connectivity index (χ2v) is 6.24. The average molecular weight is 364 g/mol. The van der Waals surface area contributed by atoms with E-state index in [0.717, 1.165) is 16.8 Å². The number of aryl methyl sites for hydroxylation is 1. The molecule has 2 N–H and O–H groups in total. The Morgan fingerprint density at radius 3 is 2.70 bits per heavy atom. The normalized spacial score (nSPS) is 10.5. The van der Waals surface area contributed by atoms with Gasteiger partial charge in [-0.25, -0.2) is 14.4 Å². The first-order valence-electron chi connectivity index (χ1n) is 8.72. The van der Waals surface area contributed by atoms with Gasteiger partial charge in [0, 0.05) is 18.4 Å². The lowest BCUT2D eigenvalue weighted by Crippen LogP contribution is -2.27. The van der Waals surface area contributed by atoms with E-state index in [0.29, 0.717) is 24.5 Å². The number of carbonyl (C=O) groups is 1. The van der Waals surface area contributed by atoms with Gasteiger partial charge in [-0.2, -0.15) is 0 Å². The highest BCUT2D eigenvalue weighted by Gasteiger charge is 2.10. The molecular formula is C21H21FN4O. The summed E-state index contributed by atoms with van der Waals surface area (Å²) in [5.41, 5.74) is 3.97. The van der Waals surface area contributed by atoms with Crippen molar-refractivity contribution in [2.75, 3.05) is 11.9 Å². The molecule has 1 amide bonds. The van der Waals surface area contributed by atoms with Gasteiger partial charge in [0.1, 0.15) is 11.5 Å². The van der Waals surface area contributed by atoms with Crippen LogP contribution in [0.2, 0.25) is 0 Å². The predicted octanol–water partition coefficient (Wildman–Crippen LogP) is 3.95. The van der Waals surface area contributed by atoms with Crippen LogP contribution in [0, 0.1) is 19.7 Å². The molecule has 3 aromatic rings. The van der Waals surface area contributed by atoms with Crippen LogP contribution in [0.15, 0.2) is 54.7 Å². The molecule has 1 heterocycles. The van der Waals surface area contributed by atoms with Crippen LogP contribution in [0.1, 0.15) is 27.2 Å². The molecular weight excluding hydrogens is 343 g/mol. The number of hydrogen-bond acceptors (Lipinski definition) is 4. The summed E-state index contributed by atoms with van der Waals surface area (Å²) < 4.78 is 13.6. The summed E-state index contributed by atoms with van der Waals surface area (Å²) in [6.07, 6.45) is 1.95. The van der Waals surface area contributed by atoms with Gasteiger partial charge in [-0.15, -0.1) is 0 Å². The molecule has 27 heavy (non-hydrogen) atoms. The van der Waals surface area contributed by atoms with Crippen molar-refractivity contribution in [3.8, 4) is 0 Å². The molecule has 2 aromatic carbocycles. The summed E-state index contributed by atoms with van der Waals surface area (Å²) in [4.78, 5) is 20.8. The van der Waals surface area contributed by atoms with Gasteiger partial charge in [0.2, 0.25) is 5.95 Å². The fourth-order valence-corrected chi connectivity index (χ4v) is 2.65. The number of hydrogen-bond donors (Lipinski definition) is 2. The number of anilines is 2. The molecule has 0 fully saturated rings. The largest absolute Gasteiger partial charge is 0.350 e. The lowest BCUT2D eigenvalue weighted by Gasteiger charge is -2.11. The Morgan fingerprint density at radius 2 is 1.89 bits per heavy atom. The van der Waals surface area contributed by atoms with Crippen LogP contribution in [0.25, 0.3) is 0 Å². The van der Waals surface area contributed by atoms with Crippen LogP contribution in [-0.2, 0) is 6.42 Å². The summed E-state index contributed by atoms with van der Waals surface area (Å²) in [7, 11) is 0. The molecule has 1 aromatic heterocycles. The quantitative estimate of drug-likeness (QED) is 0.695. The molecule has 0 aliphatic rings. The summed E-state index contributed by atoms with van der Waals surface area (Å²) in [5.74, 6) is -0.239. The van der Waals surface area contributed by atoms with Gasteiger partial charge in [0.15, 0.2) is 0 Å². The number of nitrogens with zero attached hydrogens (tertiary/aromatic N) is 2. The Morgan fingerprint density at radius 1 is 1.07 bits per heavy atom. The van der Waals surface area contributed by atoms with Crippen molar-refractivity contribution in [1.82, 2.24) is 15.3 Å². The van der Waals surface area contributed by atoms with Crippen molar-refractivity contribution in [2.45, 2.75) is 20.3 Å². The van der Waals surface area contributed by atoms with E-state index in [1.54, 1.807) is 24.3 Å². The minimum absolute atomic E-state index is 0.256. The average Bonchev–Trinajstić information content (AvgIpc) is 2.67. The van der Waals surface area contributed by atoms with Crippen LogP contribution in [0.3, 0.4) is 0 Å². The predicted molar refractivity (Wildman–Crippen MR) is 104 cm³/mol. The van der Waals surface area contributed by atoms with Crippen molar-refractivity contribution in [3.63, 3.8) is 0 Å². The molecule has 5 nitrogen and oxygen atoms in total. The maximum Gasteiger partial charge on any atom is 0.270 e. The zero-order valence-corrected chi connectivity index (χ0v) is 15.3. The minimum atomic E-state index is -0.322. The van der Waals surface area contributed by atoms with Gasteiger partial charge >= 0.3 is 0 Å². The molecule has 3 rings (SSSR count). The Kier molecular flexibility index (Phi) is 5.76. The van der Waals surface area contributed by atoms with Crippen LogP contribution in [0.4, 0.5) is 16.0 Å². The van der Waals surface area contributed by atoms with E-state index in [1.807, 2.05) is 32.0 Å². The van der Waals surface area contributed by atoms with Crippen LogP contribution >= 0.6 is 0 Å². The third kappa shape index (κ3) is 4.67. The Balaban J connectivity index is 1.63. The number of nitrogens with one attached hydrogen (secondary N) is 2. The smallest absolute Gasteiger partial charge is 0.270 e. The number of halogens is 1. The van der Waals surface area contributed by atoms with Gasteiger partial charge in [-0.3, -0.25) is 4.79 Å². The topological polar surface area (TPSA) is 66.9 Å². The summed E-state index contributed by atoms with van der Waals surface area (Å²) in [6, 6.07) is 14.0. The number of aromatic nitrogens is 2. The molecule has 0 unspecified atom stereocenters. The van der Waals surface area contributed by atoms with E-state index in [2.05, 4.69) is 20.6 Å². The van der Waals surface area contributed by atoms with Crippen molar-refractivity contribution in [1.29, 1.82) is 0 Å². The van der Waals surface area contributed by atoms with Crippen molar-refractivity contribution < 1.29 is 9.18 Å². The van der Waals surface area contributed by atoms with Crippen LogP contribution in [0.5, 0.6) is 0 Å². The van der Waals surface area contributed by atoms with E-state index in [4.69, 9.17) is 0 Å². The van der Waals surface area contributed by atoms with E-state index < -0.39 is 0 Å². The summed E-state index contributed by atoms with van der Waals surface area (Å²) in [6.45, 7) is 4.36. The summed E-state index contributed by atoms with van der Waals surface area (Å²) in [5, 5.41) is 5.91. The molecule has 6 heteroatoms. The van der Waals surface area contributed by atoms with Gasteiger partial charge in [0.05, 0.1) is 0 Å².